The van der Waals surface area contributed by atoms with E-state index >= 15 is 0 Å². The summed E-state index contributed by atoms with van der Waals surface area (Å²) in [7, 11) is 0. The van der Waals surface area contributed by atoms with Gasteiger partial charge in [-0.15, -0.1) is 0 Å². The van der Waals surface area contributed by atoms with Gasteiger partial charge in [-0.2, -0.15) is 0 Å². The highest BCUT2D eigenvalue weighted by atomic mass is 79.9. The lowest BCUT2D eigenvalue weighted by Gasteiger charge is -2.33. The predicted octanol–water partition coefficient (Wildman–Crippen LogP) is 3.82. The van der Waals surface area contributed by atoms with Crippen molar-refractivity contribution in [3.63, 3.8) is 0 Å². The van der Waals surface area contributed by atoms with Crippen LogP contribution >= 0.6 is 15.9 Å². The first-order chi connectivity index (χ1) is 7.35. The first kappa shape index (κ1) is 11.9. The average Bonchev–Trinajstić information content (AvgIpc) is 2.57. The predicted molar refractivity (Wildman–Crippen MR) is 69.6 cm³/mol. The van der Waals surface area contributed by atoms with Crippen molar-refractivity contribution in [2.24, 2.45) is 5.41 Å². The third-order valence-electron chi connectivity index (χ3n) is 4.21. The molecule has 1 aliphatic heterocycles. The van der Waals surface area contributed by atoms with E-state index in [2.05, 4.69) is 20.8 Å². The molecule has 15 heavy (non-hydrogen) atoms. The van der Waals surface area contributed by atoms with Crippen molar-refractivity contribution in [2.75, 3.05) is 25.0 Å². The molecule has 1 aliphatic carbocycles. The second kappa shape index (κ2) is 5.67. The Balaban J connectivity index is 1.87. The van der Waals surface area contributed by atoms with Gasteiger partial charge in [0.1, 0.15) is 0 Å². The Morgan fingerprint density at radius 2 is 1.47 bits per heavy atom. The zero-order valence-electron chi connectivity index (χ0n) is 9.81. The topological polar surface area (TPSA) is 3.24 Å². The van der Waals surface area contributed by atoms with Gasteiger partial charge in [-0.1, -0.05) is 41.6 Å². The maximum atomic E-state index is 3.75. The van der Waals surface area contributed by atoms with Crippen LogP contribution in [0.4, 0.5) is 0 Å². The van der Waals surface area contributed by atoms with Gasteiger partial charge in [-0.25, -0.2) is 0 Å². The van der Waals surface area contributed by atoms with E-state index in [4.69, 9.17) is 0 Å². The summed E-state index contributed by atoms with van der Waals surface area (Å²) in [5, 5.41) is 1.22. The second-order valence-electron chi connectivity index (χ2n) is 5.53. The van der Waals surface area contributed by atoms with Gasteiger partial charge >= 0.3 is 0 Å². The standard InChI is InChI=1S/C13H24BrN/c14-11-13(7-3-4-8-13)12-15-9-5-1-2-6-10-15/h1-12H2. The van der Waals surface area contributed by atoms with E-state index in [1.165, 1.54) is 76.3 Å². The highest BCUT2D eigenvalue weighted by molar-refractivity contribution is 9.09. The van der Waals surface area contributed by atoms with Crippen LogP contribution in [0.1, 0.15) is 51.4 Å². The molecule has 0 aromatic heterocycles. The number of halogens is 1. The molecule has 1 heterocycles. The highest BCUT2D eigenvalue weighted by Crippen LogP contribution is 2.40. The summed E-state index contributed by atoms with van der Waals surface area (Å²) >= 11 is 3.75. The number of nitrogens with zero attached hydrogens (tertiary/aromatic N) is 1. The smallest absolute Gasteiger partial charge is 0.0100 e. The normalized spacial score (nSPS) is 27.8. The SMILES string of the molecule is BrCC1(CN2CCCCCC2)CCCC1. The Morgan fingerprint density at radius 1 is 0.867 bits per heavy atom. The van der Waals surface area contributed by atoms with E-state index in [0.29, 0.717) is 5.41 Å². The molecule has 2 fully saturated rings. The summed E-state index contributed by atoms with van der Waals surface area (Å²) in [6.45, 7) is 4.07. The molecule has 0 amide bonds. The number of hydrogen-bond donors (Lipinski definition) is 0. The van der Waals surface area contributed by atoms with Crippen LogP contribution < -0.4 is 0 Å². The molecular weight excluding hydrogens is 250 g/mol. The Kier molecular flexibility index (Phi) is 4.51. The molecule has 2 aliphatic rings. The summed E-state index contributed by atoms with van der Waals surface area (Å²) in [6, 6.07) is 0. The van der Waals surface area contributed by atoms with Gasteiger partial charge in [-0.3, -0.25) is 0 Å². The fraction of sp³-hybridized carbons (Fsp3) is 1.00. The zero-order chi connectivity index (χ0) is 10.6. The van der Waals surface area contributed by atoms with Crippen LogP contribution in [0.15, 0.2) is 0 Å². The maximum Gasteiger partial charge on any atom is 0.0100 e. The number of likely N-dealkylation sites (tertiary alicyclic amines) is 1. The second-order valence-corrected chi connectivity index (χ2v) is 6.09. The third kappa shape index (κ3) is 3.20. The lowest BCUT2D eigenvalue weighted by Crippen LogP contribution is -2.37. The molecule has 2 heteroatoms. The molecule has 2 rings (SSSR count). The van der Waals surface area contributed by atoms with Gasteiger partial charge in [0.15, 0.2) is 0 Å². The Bertz CT molecular complexity index is 179. The molecule has 0 N–H and O–H groups in total. The molecule has 1 nitrogen and oxygen atoms in total. The molecule has 0 bridgehead atoms. The third-order valence-corrected chi connectivity index (χ3v) is 5.39. The van der Waals surface area contributed by atoms with Crippen LogP contribution in [0.25, 0.3) is 0 Å². The number of rotatable bonds is 3. The monoisotopic (exact) mass is 273 g/mol. The molecule has 0 aromatic rings. The maximum absolute atomic E-state index is 3.75. The van der Waals surface area contributed by atoms with Crippen LogP contribution in [0.3, 0.4) is 0 Å². The molecule has 0 atom stereocenters. The van der Waals surface area contributed by atoms with E-state index in [-0.39, 0.29) is 0 Å². The molecule has 88 valence electrons. The Labute approximate surface area is 103 Å². The van der Waals surface area contributed by atoms with E-state index in [0.717, 1.165) is 0 Å². The average molecular weight is 274 g/mol. The first-order valence-corrected chi connectivity index (χ1v) is 7.75. The molecule has 1 saturated carbocycles. The molecule has 0 spiro atoms. The van der Waals surface area contributed by atoms with Crippen molar-refractivity contribution in [1.29, 1.82) is 0 Å². The Hall–Kier alpha value is 0.440. The van der Waals surface area contributed by atoms with Crippen molar-refractivity contribution >= 4 is 15.9 Å². The lowest BCUT2D eigenvalue weighted by molar-refractivity contribution is 0.177. The van der Waals surface area contributed by atoms with E-state index in [1.807, 2.05) is 0 Å². The van der Waals surface area contributed by atoms with Crippen molar-refractivity contribution in [2.45, 2.75) is 51.4 Å². The van der Waals surface area contributed by atoms with Crippen LogP contribution in [0.5, 0.6) is 0 Å². The van der Waals surface area contributed by atoms with E-state index in [1.54, 1.807) is 0 Å². The lowest BCUT2D eigenvalue weighted by atomic mass is 9.88. The molecule has 0 unspecified atom stereocenters. The van der Waals surface area contributed by atoms with Crippen molar-refractivity contribution < 1.29 is 0 Å². The van der Waals surface area contributed by atoms with Gasteiger partial charge in [-0.05, 0) is 44.2 Å². The molecule has 0 radical (unpaired) electrons. The summed E-state index contributed by atoms with van der Waals surface area (Å²) in [5.41, 5.74) is 0.629. The molecular formula is C13H24BrN. The Morgan fingerprint density at radius 3 is 2.00 bits per heavy atom. The van der Waals surface area contributed by atoms with Crippen molar-refractivity contribution in [3.05, 3.63) is 0 Å². The van der Waals surface area contributed by atoms with Gasteiger partial charge in [0.2, 0.25) is 0 Å². The first-order valence-electron chi connectivity index (χ1n) is 6.63. The van der Waals surface area contributed by atoms with Crippen molar-refractivity contribution in [1.82, 2.24) is 4.90 Å². The van der Waals surface area contributed by atoms with Crippen molar-refractivity contribution in [3.8, 4) is 0 Å². The molecule has 1 saturated heterocycles. The van der Waals surface area contributed by atoms with Gasteiger partial charge in [0, 0.05) is 11.9 Å². The van der Waals surface area contributed by atoms with Crippen LogP contribution in [0.2, 0.25) is 0 Å². The fourth-order valence-corrected chi connectivity index (χ4v) is 3.97. The highest BCUT2D eigenvalue weighted by Gasteiger charge is 2.34. The van der Waals surface area contributed by atoms with E-state index < -0.39 is 0 Å². The summed E-state index contributed by atoms with van der Waals surface area (Å²) in [6.07, 6.45) is 11.6. The minimum atomic E-state index is 0.629. The van der Waals surface area contributed by atoms with Crippen LogP contribution in [-0.2, 0) is 0 Å². The molecule has 0 aromatic carbocycles. The van der Waals surface area contributed by atoms with Crippen LogP contribution in [0, 0.1) is 5.41 Å². The fourth-order valence-electron chi connectivity index (χ4n) is 3.23. The largest absolute Gasteiger partial charge is 0.303 e. The van der Waals surface area contributed by atoms with Crippen LogP contribution in [-0.4, -0.2) is 29.9 Å². The van der Waals surface area contributed by atoms with Gasteiger partial charge in [0.25, 0.3) is 0 Å². The summed E-state index contributed by atoms with van der Waals surface area (Å²) in [4.78, 5) is 2.74. The van der Waals surface area contributed by atoms with E-state index in [9.17, 15) is 0 Å². The van der Waals surface area contributed by atoms with Gasteiger partial charge in [0.05, 0.1) is 0 Å². The minimum absolute atomic E-state index is 0.629. The quantitative estimate of drug-likeness (QED) is 0.707. The summed E-state index contributed by atoms with van der Waals surface area (Å²) < 4.78 is 0. The zero-order valence-corrected chi connectivity index (χ0v) is 11.4. The van der Waals surface area contributed by atoms with Gasteiger partial charge < -0.3 is 4.90 Å². The minimum Gasteiger partial charge on any atom is -0.303 e. The summed E-state index contributed by atoms with van der Waals surface area (Å²) in [5.74, 6) is 0. The number of hydrogen-bond acceptors (Lipinski definition) is 1. The number of alkyl halides is 1.